The van der Waals surface area contributed by atoms with Gasteiger partial charge >= 0.3 is 0 Å². The minimum atomic E-state index is -1.04. The van der Waals surface area contributed by atoms with Crippen LogP contribution in [0, 0.1) is 12.5 Å². The molecule has 10 nitrogen and oxygen atoms in total. The number of rotatable bonds is 11. The first-order valence-electron chi connectivity index (χ1n) is 13.5. The number of anilines is 1. The Bertz CT molecular complexity index is 1290. The van der Waals surface area contributed by atoms with E-state index in [0.717, 1.165) is 6.42 Å². The predicted octanol–water partition coefficient (Wildman–Crippen LogP) is 5.76. The van der Waals surface area contributed by atoms with Gasteiger partial charge in [0, 0.05) is 23.6 Å². The number of hydrogen-bond donors (Lipinski definition) is 1. The number of carbonyl (C=O) groups excluding carboxylic acids is 1. The van der Waals surface area contributed by atoms with E-state index in [1.807, 2.05) is 22.8 Å². The number of nitrogens with zero attached hydrogens (tertiary/aromatic N) is 6. The van der Waals surface area contributed by atoms with Crippen LogP contribution in [0.1, 0.15) is 64.5 Å². The van der Waals surface area contributed by atoms with Crippen LogP contribution in [-0.2, 0) is 9.26 Å². The molecule has 1 unspecified atom stereocenters. The van der Waals surface area contributed by atoms with Gasteiger partial charge in [0.2, 0.25) is 6.54 Å². The fraction of sp³-hybridized carbons (Fsp3) is 0.536. The van der Waals surface area contributed by atoms with Gasteiger partial charge in [-0.15, -0.1) is 0 Å². The summed E-state index contributed by atoms with van der Waals surface area (Å²) in [5, 5.41) is 2.87. The van der Waals surface area contributed by atoms with Crippen molar-refractivity contribution in [2.75, 3.05) is 18.0 Å². The van der Waals surface area contributed by atoms with E-state index >= 15 is 0 Å². The average molecular weight is 552 g/mol. The lowest BCUT2D eigenvalue weighted by atomic mass is 9.99. The van der Waals surface area contributed by atoms with Crippen molar-refractivity contribution in [3.05, 3.63) is 60.0 Å². The number of carbonyl (C=O) groups is 1. The van der Waals surface area contributed by atoms with Crippen LogP contribution < -0.4 is 5.32 Å². The van der Waals surface area contributed by atoms with Crippen LogP contribution in [0.4, 0.5) is 5.82 Å². The van der Waals surface area contributed by atoms with E-state index in [4.69, 9.17) is 15.8 Å². The Kier molecular flexibility index (Phi) is 9.62. The summed E-state index contributed by atoms with van der Waals surface area (Å²) < 4.78 is 17.8. The number of hydrogen-bond acceptors (Lipinski definition) is 7. The third-order valence-electron chi connectivity index (χ3n) is 6.97. The quantitative estimate of drug-likeness (QED) is 0.239. The summed E-state index contributed by atoms with van der Waals surface area (Å²) in [6.45, 7) is 20.8. The number of benzene rings is 1. The minimum absolute atomic E-state index is 0.000744. The normalized spacial score (nSPS) is 22.1. The molecule has 1 aromatic carbocycles. The summed E-state index contributed by atoms with van der Waals surface area (Å²) in [6, 6.07) is 9.54. The van der Waals surface area contributed by atoms with Crippen LogP contribution >= 0.6 is 8.30 Å². The van der Waals surface area contributed by atoms with Crippen molar-refractivity contribution in [1.82, 2.24) is 24.2 Å². The van der Waals surface area contributed by atoms with Crippen molar-refractivity contribution in [3.8, 4) is 0 Å². The van der Waals surface area contributed by atoms with Gasteiger partial charge in [0.1, 0.15) is 20.7 Å². The summed E-state index contributed by atoms with van der Waals surface area (Å²) in [7, 11) is -1.04. The maximum absolute atomic E-state index is 12.8. The summed E-state index contributed by atoms with van der Waals surface area (Å²) in [6.07, 6.45) is 3.91. The Hall–Kier alpha value is -2.96. The molecule has 1 aliphatic rings. The fourth-order valence-corrected chi connectivity index (χ4v) is 7.52. The van der Waals surface area contributed by atoms with Crippen molar-refractivity contribution < 1.29 is 14.1 Å². The van der Waals surface area contributed by atoms with Crippen LogP contribution in [-0.4, -0.2) is 67.1 Å². The van der Waals surface area contributed by atoms with E-state index in [-0.39, 0.29) is 36.1 Å². The molecule has 1 fully saturated rings. The highest BCUT2D eigenvalue weighted by Crippen LogP contribution is 2.51. The number of aromatic nitrogens is 4. The molecular formula is C28H38N7O3P. The lowest BCUT2D eigenvalue weighted by Gasteiger charge is -2.39. The molecule has 11 heteroatoms. The molecule has 0 aliphatic carbocycles. The first-order chi connectivity index (χ1) is 18.8. The largest absolute Gasteiger partial charge is 0.352 e. The zero-order valence-corrected chi connectivity index (χ0v) is 24.4. The van der Waals surface area contributed by atoms with Gasteiger partial charge in [-0.1, -0.05) is 32.0 Å². The average Bonchev–Trinajstić information content (AvgIpc) is 3.48. The summed E-state index contributed by atoms with van der Waals surface area (Å²) in [5.41, 5.74) is 1.58. The molecule has 5 atom stereocenters. The van der Waals surface area contributed by atoms with Gasteiger partial charge in [-0.05, 0) is 46.2 Å². The van der Waals surface area contributed by atoms with Crippen molar-refractivity contribution in [3.63, 3.8) is 0 Å². The first-order valence-corrected chi connectivity index (χ1v) is 14.9. The molecule has 0 bridgehead atoms. The van der Waals surface area contributed by atoms with Crippen LogP contribution in [0.5, 0.6) is 0 Å². The van der Waals surface area contributed by atoms with Crippen molar-refractivity contribution in [2.24, 2.45) is 5.92 Å². The lowest BCUT2D eigenvalue weighted by Crippen LogP contribution is -2.37. The second kappa shape index (κ2) is 12.9. The van der Waals surface area contributed by atoms with Gasteiger partial charge in [-0.25, -0.2) is 21.5 Å². The van der Waals surface area contributed by atoms with Gasteiger partial charge in [-0.2, -0.15) is 0 Å². The molecule has 39 heavy (non-hydrogen) atoms. The number of nitrogens with one attached hydrogen (secondary N) is 1. The van der Waals surface area contributed by atoms with E-state index in [9.17, 15) is 4.79 Å². The Balaban J connectivity index is 1.67. The number of ether oxygens (including phenoxy) is 1. The number of amides is 1. The second-order valence-corrected chi connectivity index (χ2v) is 12.1. The van der Waals surface area contributed by atoms with E-state index < -0.39 is 14.5 Å². The zero-order valence-electron chi connectivity index (χ0n) is 23.5. The SMILES string of the molecule is [C-]#[N+]CCP(O[C@@H]1[C@H](C)[C@@H](CC)O[C@H]1n1cnc2c(NC(=O)c3ccccc3)ncnc21)N(C(C)C)C(C)C. The maximum Gasteiger partial charge on any atom is 0.256 e. The molecule has 1 amide bonds. The number of fused-ring (bicyclic) bond motifs is 1. The van der Waals surface area contributed by atoms with Gasteiger partial charge in [-0.3, -0.25) is 14.0 Å². The molecule has 0 radical (unpaired) electrons. The summed E-state index contributed by atoms with van der Waals surface area (Å²) >= 11 is 0. The van der Waals surface area contributed by atoms with Crippen molar-refractivity contribution in [2.45, 2.75) is 78.5 Å². The van der Waals surface area contributed by atoms with E-state index in [0.29, 0.717) is 35.3 Å². The third-order valence-corrected chi connectivity index (χ3v) is 9.47. The Morgan fingerprint density at radius 2 is 1.92 bits per heavy atom. The van der Waals surface area contributed by atoms with E-state index in [1.54, 1.807) is 18.5 Å². The molecule has 2 aromatic heterocycles. The molecule has 0 spiro atoms. The van der Waals surface area contributed by atoms with Crippen LogP contribution in [0.2, 0.25) is 0 Å². The molecular weight excluding hydrogens is 513 g/mol. The fourth-order valence-electron chi connectivity index (χ4n) is 5.20. The molecule has 1 saturated heterocycles. The van der Waals surface area contributed by atoms with Crippen LogP contribution in [0.25, 0.3) is 16.0 Å². The zero-order chi connectivity index (χ0) is 28.1. The third kappa shape index (κ3) is 6.28. The molecule has 3 aromatic rings. The van der Waals surface area contributed by atoms with Gasteiger partial charge in [0.25, 0.3) is 5.91 Å². The Labute approximate surface area is 231 Å². The minimum Gasteiger partial charge on any atom is -0.352 e. The highest BCUT2D eigenvalue weighted by Gasteiger charge is 2.46. The standard InChI is InChI=1S/C28H38N7O3P/c1-8-22-20(6)24(38-39(15-14-29-7)35(18(2)3)19(4)5)28(37-22)34-17-32-23-25(30-16-31-26(23)34)33-27(36)21-12-10-9-11-13-21/h9-13,16-20,22,24,28H,8,14-15H2,1-6H3,(H,30,31,33,36)/t20-,22-,24-,28-,39?/m1/s1. The summed E-state index contributed by atoms with van der Waals surface area (Å²) in [4.78, 5) is 29.8. The molecule has 4 rings (SSSR count). The molecule has 1 N–H and O–H groups in total. The summed E-state index contributed by atoms with van der Waals surface area (Å²) in [5.74, 6) is 0.194. The van der Waals surface area contributed by atoms with Gasteiger partial charge in [0.15, 0.2) is 23.2 Å². The predicted molar refractivity (Wildman–Crippen MR) is 153 cm³/mol. The highest BCUT2D eigenvalue weighted by molar-refractivity contribution is 7.50. The van der Waals surface area contributed by atoms with Crippen molar-refractivity contribution in [1.29, 1.82) is 0 Å². The first kappa shape index (κ1) is 29.0. The lowest BCUT2D eigenvalue weighted by molar-refractivity contribution is -0.0289. The van der Waals surface area contributed by atoms with Gasteiger partial charge in [0.05, 0.1) is 18.6 Å². The molecule has 0 saturated carbocycles. The second-order valence-electron chi connectivity index (χ2n) is 10.3. The Morgan fingerprint density at radius 1 is 1.21 bits per heavy atom. The highest BCUT2D eigenvalue weighted by atomic mass is 31.2. The van der Waals surface area contributed by atoms with Crippen LogP contribution in [0.15, 0.2) is 43.0 Å². The van der Waals surface area contributed by atoms with E-state index in [1.165, 1.54) is 6.33 Å². The maximum atomic E-state index is 12.8. The van der Waals surface area contributed by atoms with Crippen LogP contribution in [0.3, 0.4) is 0 Å². The monoisotopic (exact) mass is 551 g/mol. The molecule has 208 valence electrons. The molecule has 1 aliphatic heterocycles. The Morgan fingerprint density at radius 3 is 2.56 bits per heavy atom. The topological polar surface area (TPSA) is 98.8 Å². The van der Waals surface area contributed by atoms with E-state index in [2.05, 4.69) is 71.3 Å². The molecule has 3 heterocycles. The van der Waals surface area contributed by atoms with Crippen molar-refractivity contribution >= 4 is 31.2 Å². The smallest absolute Gasteiger partial charge is 0.256 e. The van der Waals surface area contributed by atoms with Gasteiger partial charge < -0.3 is 19.4 Å². The number of imidazole rings is 1.